The predicted molar refractivity (Wildman–Crippen MR) is 145 cm³/mol. The van der Waals surface area contributed by atoms with E-state index in [1.165, 1.54) is 5.03 Å². The summed E-state index contributed by atoms with van der Waals surface area (Å²) < 4.78 is 13.5. The van der Waals surface area contributed by atoms with Crippen LogP contribution < -0.4 is 4.74 Å². The Morgan fingerprint density at radius 3 is 2.42 bits per heavy atom. The molecule has 6 nitrogen and oxygen atoms in total. The highest BCUT2D eigenvalue weighted by Crippen LogP contribution is 2.41. The van der Waals surface area contributed by atoms with E-state index in [-0.39, 0.29) is 12.7 Å². The van der Waals surface area contributed by atoms with E-state index in [4.69, 9.17) is 19.7 Å². The number of aromatic nitrogens is 2. The molecule has 36 heavy (non-hydrogen) atoms. The van der Waals surface area contributed by atoms with E-state index in [2.05, 4.69) is 53.4 Å². The van der Waals surface area contributed by atoms with Gasteiger partial charge >= 0.3 is 5.97 Å². The van der Waals surface area contributed by atoms with Gasteiger partial charge in [-0.3, -0.25) is 4.68 Å². The summed E-state index contributed by atoms with van der Waals surface area (Å²) in [5, 5.41) is 15.1. The second kappa shape index (κ2) is 12.5. The molecule has 192 valence electrons. The highest BCUT2D eigenvalue weighted by molar-refractivity contribution is 7.98. The molecule has 1 aliphatic rings. The highest BCUT2D eigenvalue weighted by Gasteiger charge is 2.26. The van der Waals surface area contributed by atoms with Gasteiger partial charge in [0, 0.05) is 17.7 Å². The molecular weight excluding hydrogens is 472 g/mol. The quantitative estimate of drug-likeness (QED) is 0.293. The fourth-order valence-corrected chi connectivity index (χ4v) is 5.72. The van der Waals surface area contributed by atoms with Crippen molar-refractivity contribution >= 4 is 17.7 Å². The van der Waals surface area contributed by atoms with Crippen molar-refractivity contribution < 1.29 is 19.4 Å². The molecule has 3 aromatic rings. The van der Waals surface area contributed by atoms with Gasteiger partial charge in [0.1, 0.15) is 23.1 Å². The van der Waals surface area contributed by atoms with Crippen molar-refractivity contribution in [2.24, 2.45) is 11.8 Å². The van der Waals surface area contributed by atoms with Gasteiger partial charge in [0.25, 0.3) is 0 Å². The van der Waals surface area contributed by atoms with Crippen molar-refractivity contribution in [1.82, 2.24) is 9.78 Å². The molecule has 0 saturated heterocycles. The Morgan fingerprint density at radius 1 is 1.06 bits per heavy atom. The number of ether oxygens (including phenoxy) is 2. The fourth-order valence-electron chi connectivity index (χ4n) is 4.97. The van der Waals surface area contributed by atoms with E-state index >= 15 is 0 Å². The molecule has 4 rings (SSSR count). The Labute approximate surface area is 218 Å². The van der Waals surface area contributed by atoms with E-state index in [1.54, 1.807) is 11.8 Å². The molecule has 0 atom stereocenters. The summed E-state index contributed by atoms with van der Waals surface area (Å²) in [6.45, 7) is 5.29. The Bertz CT molecular complexity index is 1140. The maximum atomic E-state index is 10.7. The van der Waals surface area contributed by atoms with Crippen molar-refractivity contribution in [3.05, 3.63) is 54.6 Å². The first-order valence-corrected chi connectivity index (χ1v) is 13.9. The summed E-state index contributed by atoms with van der Waals surface area (Å²) in [6.07, 6.45) is 6.56. The van der Waals surface area contributed by atoms with Gasteiger partial charge in [-0.15, -0.1) is 11.8 Å². The maximum Gasteiger partial charge on any atom is 0.329 e. The SMILES string of the molecule is CSc1c(-c2cccc(OC(C)C)c2)c(-c2ccccc2)nn1C[C@H]1CC[C@H](COCC(=O)O)CC1. The molecule has 0 unspecified atom stereocenters. The summed E-state index contributed by atoms with van der Waals surface area (Å²) in [7, 11) is 0. The van der Waals surface area contributed by atoms with E-state index in [1.807, 2.05) is 26.0 Å². The summed E-state index contributed by atoms with van der Waals surface area (Å²) in [5.74, 6) is 0.944. The minimum absolute atomic E-state index is 0.112. The largest absolute Gasteiger partial charge is 0.491 e. The van der Waals surface area contributed by atoms with Crippen molar-refractivity contribution in [3.63, 3.8) is 0 Å². The van der Waals surface area contributed by atoms with Gasteiger partial charge in [-0.2, -0.15) is 5.10 Å². The van der Waals surface area contributed by atoms with Crippen LogP contribution in [0.5, 0.6) is 5.75 Å². The van der Waals surface area contributed by atoms with Crippen LogP contribution in [0.3, 0.4) is 0 Å². The number of carbonyl (C=O) groups is 1. The molecule has 7 heteroatoms. The minimum atomic E-state index is -0.904. The average molecular weight is 509 g/mol. The summed E-state index contributed by atoms with van der Waals surface area (Å²) >= 11 is 1.74. The number of hydrogen-bond donors (Lipinski definition) is 1. The highest BCUT2D eigenvalue weighted by atomic mass is 32.2. The molecule has 0 radical (unpaired) electrons. The Kier molecular flexibility index (Phi) is 9.10. The van der Waals surface area contributed by atoms with E-state index < -0.39 is 5.97 Å². The van der Waals surface area contributed by atoms with E-state index in [0.29, 0.717) is 18.4 Å². The van der Waals surface area contributed by atoms with Crippen LogP contribution >= 0.6 is 11.8 Å². The number of rotatable bonds is 11. The van der Waals surface area contributed by atoms with E-state index in [0.717, 1.165) is 60.4 Å². The first-order valence-electron chi connectivity index (χ1n) is 12.7. The first-order chi connectivity index (χ1) is 17.4. The third-order valence-electron chi connectivity index (χ3n) is 6.62. The lowest BCUT2D eigenvalue weighted by Crippen LogP contribution is -2.23. The topological polar surface area (TPSA) is 73.6 Å². The average Bonchev–Trinajstić information content (AvgIpc) is 3.23. The Hall–Kier alpha value is -2.77. The number of carboxylic acids is 1. The molecule has 1 N–H and O–H groups in total. The van der Waals surface area contributed by atoms with Crippen molar-refractivity contribution in [1.29, 1.82) is 0 Å². The molecule has 2 aromatic carbocycles. The van der Waals surface area contributed by atoms with Crippen LogP contribution in [0.2, 0.25) is 0 Å². The molecule has 0 bridgehead atoms. The van der Waals surface area contributed by atoms with E-state index in [9.17, 15) is 4.79 Å². The lowest BCUT2D eigenvalue weighted by atomic mass is 9.82. The smallest absolute Gasteiger partial charge is 0.329 e. The molecule has 0 spiro atoms. The Morgan fingerprint density at radius 2 is 1.75 bits per heavy atom. The van der Waals surface area contributed by atoms with Gasteiger partial charge in [0.2, 0.25) is 0 Å². The molecule has 1 fully saturated rings. The molecule has 1 saturated carbocycles. The number of benzene rings is 2. The van der Waals surface area contributed by atoms with Crippen LogP contribution in [0.4, 0.5) is 0 Å². The molecule has 0 amide bonds. The monoisotopic (exact) mass is 508 g/mol. The van der Waals surface area contributed by atoms with Crippen LogP contribution in [0.15, 0.2) is 59.6 Å². The van der Waals surface area contributed by atoms with Crippen LogP contribution in [-0.4, -0.2) is 46.4 Å². The first kappa shape index (κ1) is 26.3. The van der Waals surface area contributed by atoms with Crippen LogP contribution in [0.1, 0.15) is 39.5 Å². The standard InChI is InChI=1S/C29H36N2O4S/c1-20(2)35-25-11-7-10-24(16-25)27-28(23-8-5-4-6-9-23)30-31(29(27)36-3)17-21-12-14-22(15-13-21)18-34-19-26(32)33/h4-11,16,20-22H,12-15,17-19H2,1-3H3,(H,32,33)/t21-,22-. The number of carboxylic acid groups (broad SMARTS) is 1. The minimum Gasteiger partial charge on any atom is -0.491 e. The van der Waals surface area contributed by atoms with Gasteiger partial charge in [0.15, 0.2) is 0 Å². The van der Waals surface area contributed by atoms with Crippen LogP contribution in [0, 0.1) is 11.8 Å². The number of nitrogens with zero attached hydrogens (tertiary/aromatic N) is 2. The van der Waals surface area contributed by atoms with Crippen molar-refractivity contribution in [2.45, 2.75) is 57.2 Å². The van der Waals surface area contributed by atoms with Crippen molar-refractivity contribution in [2.75, 3.05) is 19.5 Å². The molecule has 1 aromatic heterocycles. The second-order valence-corrected chi connectivity index (χ2v) is 10.6. The van der Waals surface area contributed by atoms with Gasteiger partial charge in [-0.1, -0.05) is 42.5 Å². The molecule has 1 heterocycles. The summed E-state index contributed by atoms with van der Waals surface area (Å²) in [4.78, 5) is 10.7. The molecule has 1 aliphatic carbocycles. The lowest BCUT2D eigenvalue weighted by molar-refractivity contribution is -0.142. The van der Waals surface area contributed by atoms with Crippen molar-refractivity contribution in [3.8, 4) is 28.1 Å². The fraction of sp³-hybridized carbons (Fsp3) is 0.448. The van der Waals surface area contributed by atoms with Gasteiger partial charge in [-0.25, -0.2) is 4.79 Å². The normalized spacial score (nSPS) is 17.9. The second-order valence-electron chi connectivity index (χ2n) is 9.77. The molecular formula is C29H36N2O4S. The zero-order valence-electron chi connectivity index (χ0n) is 21.4. The summed E-state index contributed by atoms with van der Waals surface area (Å²) in [5.41, 5.74) is 4.37. The number of thioether (sulfide) groups is 1. The zero-order valence-corrected chi connectivity index (χ0v) is 22.2. The maximum absolute atomic E-state index is 10.7. The zero-order chi connectivity index (χ0) is 25.5. The predicted octanol–water partition coefficient (Wildman–Crippen LogP) is 6.63. The lowest BCUT2D eigenvalue weighted by Gasteiger charge is -2.28. The van der Waals surface area contributed by atoms with Crippen LogP contribution in [0.25, 0.3) is 22.4 Å². The molecule has 0 aliphatic heterocycles. The van der Waals surface area contributed by atoms with Gasteiger partial charge in [0.05, 0.1) is 12.7 Å². The third kappa shape index (κ3) is 6.71. The van der Waals surface area contributed by atoms with Gasteiger partial charge < -0.3 is 14.6 Å². The van der Waals surface area contributed by atoms with Crippen LogP contribution in [-0.2, 0) is 16.1 Å². The van der Waals surface area contributed by atoms with Gasteiger partial charge in [-0.05, 0) is 75.3 Å². The third-order valence-corrected chi connectivity index (χ3v) is 7.42. The Balaban J connectivity index is 1.59. The summed E-state index contributed by atoms with van der Waals surface area (Å²) in [6, 6.07) is 18.7. The number of aliphatic carboxylic acids is 1. The number of hydrogen-bond acceptors (Lipinski definition) is 5.